The molecular weight excluding hydrogens is 300 g/mol. The summed E-state index contributed by atoms with van der Waals surface area (Å²) in [5.74, 6) is 1.00. The van der Waals surface area contributed by atoms with Crippen molar-refractivity contribution in [2.24, 2.45) is 4.99 Å². The molecule has 1 aromatic rings. The number of benzene rings is 1. The van der Waals surface area contributed by atoms with Crippen LogP contribution < -0.4 is 10.6 Å². The molecule has 1 aromatic carbocycles. The van der Waals surface area contributed by atoms with Crippen molar-refractivity contribution in [2.45, 2.75) is 53.0 Å². The molecule has 1 amide bonds. The van der Waals surface area contributed by atoms with Crippen LogP contribution in [0.3, 0.4) is 0 Å². The molecule has 2 N–H and O–H groups in total. The third-order valence-electron chi connectivity index (χ3n) is 3.67. The topological polar surface area (TPSA) is 56.7 Å². The first-order valence-electron chi connectivity index (χ1n) is 8.98. The Hall–Kier alpha value is -2.04. The zero-order valence-electron chi connectivity index (χ0n) is 15.6. The molecule has 0 saturated heterocycles. The van der Waals surface area contributed by atoms with Gasteiger partial charge in [0.15, 0.2) is 5.96 Å². The molecule has 0 aromatic heterocycles. The first-order chi connectivity index (χ1) is 11.6. The predicted octanol–water partition coefficient (Wildman–Crippen LogP) is 3.62. The fourth-order valence-electron chi connectivity index (χ4n) is 2.28. The Morgan fingerprint density at radius 2 is 1.83 bits per heavy atom. The number of unbranched alkanes of at least 4 members (excludes halogenated alkanes) is 1. The van der Waals surface area contributed by atoms with E-state index in [-0.39, 0.29) is 5.91 Å². The summed E-state index contributed by atoms with van der Waals surface area (Å²) in [5, 5.41) is 6.23. The number of carbonyl (C=O) groups is 1. The molecule has 5 nitrogen and oxygen atoms in total. The first-order valence-corrected chi connectivity index (χ1v) is 8.98. The Bertz CT molecular complexity index is 511. The number of hydrogen-bond acceptors (Lipinski definition) is 2. The molecular formula is C19H32N4O. The summed E-state index contributed by atoms with van der Waals surface area (Å²) in [6, 6.07) is 7.90. The van der Waals surface area contributed by atoms with Crippen LogP contribution in [0.2, 0.25) is 0 Å². The van der Waals surface area contributed by atoms with E-state index in [1.165, 1.54) is 6.42 Å². The minimum Gasteiger partial charge on any atom is -0.357 e. The van der Waals surface area contributed by atoms with E-state index in [0.29, 0.717) is 13.0 Å². The first kappa shape index (κ1) is 20.0. The average molecular weight is 332 g/mol. The summed E-state index contributed by atoms with van der Waals surface area (Å²) in [5.41, 5.74) is 1.97. The zero-order valence-corrected chi connectivity index (χ0v) is 15.6. The van der Waals surface area contributed by atoms with Gasteiger partial charge in [0.25, 0.3) is 0 Å². The molecule has 0 heterocycles. The predicted molar refractivity (Wildman–Crippen MR) is 102 cm³/mol. The van der Waals surface area contributed by atoms with Gasteiger partial charge in [-0.3, -0.25) is 4.79 Å². The fraction of sp³-hybridized carbons (Fsp3) is 0.579. The van der Waals surface area contributed by atoms with Crippen molar-refractivity contribution in [1.29, 1.82) is 0 Å². The smallest absolute Gasteiger partial charge is 0.224 e. The van der Waals surface area contributed by atoms with Crippen LogP contribution in [0.25, 0.3) is 0 Å². The van der Waals surface area contributed by atoms with Crippen LogP contribution in [-0.2, 0) is 11.3 Å². The van der Waals surface area contributed by atoms with Crippen LogP contribution in [0.5, 0.6) is 0 Å². The van der Waals surface area contributed by atoms with Crippen molar-refractivity contribution >= 4 is 17.6 Å². The molecule has 0 fully saturated rings. The van der Waals surface area contributed by atoms with Gasteiger partial charge in [0.2, 0.25) is 5.91 Å². The van der Waals surface area contributed by atoms with Crippen molar-refractivity contribution in [2.75, 3.05) is 25.5 Å². The number of anilines is 1. The van der Waals surface area contributed by atoms with Crippen molar-refractivity contribution < 1.29 is 4.79 Å². The average Bonchev–Trinajstić information content (AvgIpc) is 2.58. The number of guanidine groups is 1. The summed E-state index contributed by atoms with van der Waals surface area (Å²) in [7, 11) is 2.07. The molecule has 0 saturated carbocycles. The Morgan fingerprint density at radius 3 is 2.42 bits per heavy atom. The summed E-state index contributed by atoms with van der Waals surface area (Å²) >= 11 is 0. The minimum absolute atomic E-state index is 0.0650. The molecule has 0 aliphatic heterocycles. The van der Waals surface area contributed by atoms with Crippen molar-refractivity contribution in [1.82, 2.24) is 10.2 Å². The van der Waals surface area contributed by atoms with E-state index in [1.54, 1.807) is 0 Å². The van der Waals surface area contributed by atoms with Crippen molar-refractivity contribution in [3.05, 3.63) is 29.8 Å². The van der Waals surface area contributed by atoms with Gasteiger partial charge in [-0.25, -0.2) is 4.99 Å². The van der Waals surface area contributed by atoms with Crippen LogP contribution in [0.4, 0.5) is 5.69 Å². The molecule has 0 unspecified atom stereocenters. The molecule has 0 atom stereocenters. The second-order valence-corrected chi connectivity index (χ2v) is 5.94. The maximum atomic E-state index is 11.6. The van der Waals surface area contributed by atoms with Crippen LogP contribution >= 0.6 is 0 Å². The maximum absolute atomic E-state index is 11.6. The number of amides is 1. The second kappa shape index (κ2) is 11.5. The normalized spacial score (nSPS) is 11.2. The van der Waals surface area contributed by atoms with E-state index in [1.807, 2.05) is 31.2 Å². The molecule has 0 aliphatic rings. The largest absolute Gasteiger partial charge is 0.357 e. The lowest BCUT2D eigenvalue weighted by Gasteiger charge is -2.21. The standard InChI is InChI=1S/C19H32N4O/c1-5-8-14-23(4)19(20-7-3)21-15-16-10-12-17(13-11-16)22-18(24)9-6-2/h10-13H,5-9,14-15H2,1-4H3,(H,20,21)(H,22,24). The SMILES string of the molecule is CCCCN(C)C(=NCc1ccc(NC(=O)CCC)cc1)NCC. The molecule has 0 bridgehead atoms. The van der Waals surface area contributed by atoms with Gasteiger partial charge in [0.05, 0.1) is 6.54 Å². The molecule has 5 heteroatoms. The lowest BCUT2D eigenvalue weighted by Crippen LogP contribution is -2.39. The monoisotopic (exact) mass is 332 g/mol. The number of nitrogens with zero attached hydrogens (tertiary/aromatic N) is 2. The van der Waals surface area contributed by atoms with E-state index >= 15 is 0 Å². The second-order valence-electron chi connectivity index (χ2n) is 5.94. The highest BCUT2D eigenvalue weighted by molar-refractivity contribution is 5.90. The number of aliphatic imine (C=N–C) groups is 1. The Morgan fingerprint density at radius 1 is 1.12 bits per heavy atom. The lowest BCUT2D eigenvalue weighted by molar-refractivity contribution is -0.116. The van der Waals surface area contributed by atoms with Gasteiger partial charge >= 0.3 is 0 Å². The Balaban J connectivity index is 2.63. The van der Waals surface area contributed by atoms with E-state index < -0.39 is 0 Å². The third-order valence-corrected chi connectivity index (χ3v) is 3.67. The highest BCUT2D eigenvalue weighted by atomic mass is 16.1. The van der Waals surface area contributed by atoms with Crippen LogP contribution in [-0.4, -0.2) is 36.9 Å². The minimum atomic E-state index is 0.0650. The molecule has 0 spiro atoms. The van der Waals surface area contributed by atoms with Gasteiger partial charge < -0.3 is 15.5 Å². The highest BCUT2D eigenvalue weighted by Gasteiger charge is 2.05. The van der Waals surface area contributed by atoms with E-state index in [0.717, 1.165) is 43.1 Å². The fourth-order valence-corrected chi connectivity index (χ4v) is 2.28. The number of carbonyl (C=O) groups excluding carboxylic acids is 1. The van der Waals surface area contributed by atoms with Crippen molar-refractivity contribution in [3.63, 3.8) is 0 Å². The van der Waals surface area contributed by atoms with Gasteiger partial charge in [0, 0.05) is 32.2 Å². The van der Waals surface area contributed by atoms with Gasteiger partial charge in [-0.1, -0.05) is 32.4 Å². The van der Waals surface area contributed by atoms with E-state index in [4.69, 9.17) is 4.99 Å². The molecule has 24 heavy (non-hydrogen) atoms. The van der Waals surface area contributed by atoms with E-state index in [2.05, 4.69) is 36.4 Å². The number of rotatable bonds is 9. The summed E-state index contributed by atoms with van der Waals surface area (Å²) in [6.45, 7) is 8.76. The summed E-state index contributed by atoms with van der Waals surface area (Å²) in [6.07, 6.45) is 3.75. The molecule has 0 radical (unpaired) electrons. The molecule has 134 valence electrons. The zero-order chi connectivity index (χ0) is 17.8. The van der Waals surface area contributed by atoms with Gasteiger partial charge in [0.1, 0.15) is 0 Å². The highest BCUT2D eigenvalue weighted by Crippen LogP contribution is 2.11. The quantitative estimate of drug-likeness (QED) is 0.536. The van der Waals surface area contributed by atoms with Gasteiger partial charge in [-0.05, 0) is 37.5 Å². The van der Waals surface area contributed by atoms with Crippen LogP contribution in [0, 0.1) is 0 Å². The summed E-state index contributed by atoms with van der Waals surface area (Å²) < 4.78 is 0. The number of hydrogen-bond donors (Lipinski definition) is 2. The van der Waals surface area contributed by atoms with Crippen molar-refractivity contribution in [3.8, 4) is 0 Å². The van der Waals surface area contributed by atoms with Crippen LogP contribution in [0.1, 0.15) is 52.0 Å². The number of nitrogens with one attached hydrogen (secondary N) is 2. The Kier molecular flexibility index (Phi) is 9.58. The van der Waals surface area contributed by atoms with Crippen LogP contribution in [0.15, 0.2) is 29.3 Å². The summed E-state index contributed by atoms with van der Waals surface area (Å²) in [4.78, 5) is 18.5. The van der Waals surface area contributed by atoms with Gasteiger partial charge in [-0.2, -0.15) is 0 Å². The molecule has 1 rings (SSSR count). The third kappa shape index (κ3) is 7.49. The van der Waals surface area contributed by atoms with Gasteiger partial charge in [-0.15, -0.1) is 0 Å². The lowest BCUT2D eigenvalue weighted by atomic mass is 10.2. The molecule has 0 aliphatic carbocycles. The Labute approximate surface area is 146 Å². The van der Waals surface area contributed by atoms with E-state index in [9.17, 15) is 4.79 Å². The maximum Gasteiger partial charge on any atom is 0.224 e.